The number of furan rings is 1. The number of rotatable bonds is 7. The third-order valence-electron chi connectivity index (χ3n) is 11.2. The van der Waals surface area contributed by atoms with E-state index in [-0.39, 0.29) is 0 Å². The normalized spacial score (nSPS) is 11.5. The van der Waals surface area contributed by atoms with Gasteiger partial charge in [-0.15, -0.1) is 0 Å². The molecular weight excluding hydrogens is 693 g/mol. The van der Waals surface area contributed by atoms with E-state index in [1.54, 1.807) is 0 Å². The van der Waals surface area contributed by atoms with E-state index in [9.17, 15) is 0 Å². The van der Waals surface area contributed by atoms with Gasteiger partial charge in [-0.25, -0.2) is 0 Å². The second-order valence-electron chi connectivity index (χ2n) is 14.6. The van der Waals surface area contributed by atoms with Gasteiger partial charge in [0.2, 0.25) is 0 Å². The minimum absolute atomic E-state index is 0.901. The number of anilines is 3. The highest BCUT2D eigenvalue weighted by Crippen LogP contribution is 2.40. The number of hydrogen-bond acceptors (Lipinski definition) is 2. The summed E-state index contributed by atoms with van der Waals surface area (Å²) >= 11 is 0. The van der Waals surface area contributed by atoms with Crippen molar-refractivity contribution in [3.8, 4) is 39.1 Å². The predicted octanol–water partition coefficient (Wildman–Crippen LogP) is 15.2. The number of benzene rings is 9. The van der Waals surface area contributed by atoms with Gasteiger partial charge in [0.1, 0.15) is 11.2 Å². The van der Waals surface area contributed by atoms with E-state index in [1.165, 1.54) is 55.2 Å². The highest BCUT2D eigenvalue weighted by molar-refractivity contribution is 6.11. The molecule has 0 atom stereocenters. The Bertz CT molecular complexity index is 3110. The standard InChI is InChI=1S/C54H36N2O/c1-3-11-37(12-4-1)39-19-26-43(27-20-39)55(44-28-21-40(22-29-44)38-13-5-2-6-14-38)45-30-23-41(24-31-45)42-25-33-52-49(35-42)47-15-7-9-17-51(47)56(52)46-32-34-54-50(36-46)48-16-8-10-18-53(48)57-54/h1-36H. The predicted molar refractivity (Wildman–Crippen MR) is 239 cm³/mol. The van der Waals surface area contributed by atoms with Gasteiger partial charge < -0.3 is 13.9 Å². The summed E-state index contributed by atoms with van der Waals surface area (Å²) < 4.78 is 8.55. The average Bonchev–Trinajstić information content (AvgIpc) is 3.83. The van der Waals surface area contributed by atoms with E-state index in [0.717, 1.165) is 44.7 Å². The molecule has 0 aliphatic rings. The van der Waals surface area contributed by atoms with E-state index in [4.69, 9.17) is 4.42 Å². The Morgan fingerprint density at radius 1 is 0.298 bits per heavy atom. The zero-order valence-electron chi connectivity index (χ0n) is 31.1. The van der Waals surface area contributed by atoms with E-state index < -0.39 is 0 Å². The third-order valence-corrected chi connectivity index (χ3v) is 11.2. The van der Waals surface area contributed by atoms with E-state index in [1.807, 2.05) is 12.1 Å². The van der Waals surface area contributed by atoms with Crippen LogP contribution < -0.4 is 4.90 Å². The van der Waals surface area contributed by atoms with Crippen LogP contribution in [0, 0.1) is 0 Å². The smallest absolute Gasteiger partial charge is 0.135 e. The molecule has 0 unspecified atom stereocenters. The zero-order chi connectivity index (χ0) is 37.7. The molecule has 0 radical (unpaired) electrons. The molecular formula is C54H36N2O. The molecule has 3 heteroatoms. The molecule has 0 N–H and O–H groups in total. The molecule has 0 spiro atoms. The quantitative estimate of drug-likeness (QED) is 0.163. The number of nitrogens with zero attached hydrogens (tertiary/aromatic N) is 2. The lowest BCUT2D eigenvalue weighted by Crippen LogP contribution is -2.09. The van der Waals surface area contributed by atoms with Crippen molar-refractivity contribution in [2.24, 2.45) is 0 Å². The van der Waals surface area contributed by atoms with Crippen molar-refractivity contribution in [3.63, 3.8) is 0 Å². The van der Waals surface area contributed by atoms with Gasteiger partial charge in [-0.1, -0.05) is 140 Å². The molecule has 11 rings (SSSR count). The van der Waals surface area contributed by atoms with Crippen molar-refractivity contribution in [2.75, 3.05) is 4.90 Å². The zero-order valence-corrected chi connectivity index (χ0v) is 31.1. The van der Waals surface area contributed by atoms with Gasteiger partial charge in [0.15, 0.2) is 0 Å². The first kappa shape index (κ1) is 32.8. The van der Waals surface area contributed by atoms with Gasteiger partial charge in [-0.2, -0.15) is 0 Å². The third kappa shape index (κ3) is 5.76. The van der Waals surface area contributed by atoms with Gasteiger partial charge >= 0.3 is 0 Å². The van der Waals surface area contributed by atoms with Crippen molar-refractivity contribution < 1.29 is 4.42 Å². The SMILES string of the molecule is c1ccc(-c2ccc(N(c3ccc(-c4ccccc4)cc3)c3ccc(-c4ccc5c(c4)c4ccccc4n5-c4ccc5oc6ccccc6c5c4)cc3)cc2)cc1. The first-order valence-corrected chi connectivity index (χ1v) is 19.4. The van der Waals surface area contributed by atoms with Gasteiger partial charge in [0, 0.05) is 44.3 Å². The summed E-state index contributed by atoms with van der Waals surface area (Å²) in [6.45, 7) is 0. The van der Waals surface area contributed by atoms with Gasteiger partial charge in [-0.05, 0) is 112 Å². The average molecular weight is 729 g/mol. The molecule has 3 nitrogen and oxygen atoms in total. The van der Waals surface area contributed by atoms with Crippen LogP contribution in [0.4, 0.5) is 17.1 Å². The molecule has 11 aromatic rings. The Morgan fingerprint density at radius 2 is 0.754 bits per heavy atom. The number of fused-ring (bicyclic) bond motifs is 6. The summed E-state index contributed by atoms with van der Waals surface area (Å²) in [5.74, 6) is 0. The topological polar surface area (TPSA) is 21.3 Å². The molecule has 2 aromatic heterocycles. The van der Waals surface area contributed by atoms with Gasteiger partial charge in [0.05, 0.1) is 11.0 Å². The Kier molecular flexibility index (Phi) is 7.82. The minimum atomic E-state index is 0.901. The molecule has 9 aromatic carbocycles. The maximum atomic E-state index is 6.17. The fraction of sp³-hybridized carbons (Fsp3) is 0. The molecule has 0 aliphatic heterocycles. The van der Waals surface area contributed by atoms with Crippen LogP contribution in [0.2, 0.25) is 0 Å². The summed E-state index contributed by atoms with van der Waals surface area (Å²) in [7, 11) is 0. The number of hydrogen-bond donors (Lipinski definition) is 0. The lowest BCUT2D eigenvalue weighted by Gasteiger charge is -2.26. The highest BCUT2D eigenvalue weighted by atomic mass is 16.3. The minimum Gasteiger partial charge on any atom is -0.456 e. The van der Waals surface area contributed by atoms with Gasteiger partial charge in [0.25, 0.3) is 0 Å². The fourth-order valence-corrected chi connectivity index (χ4v) is 8.40. The summed E-state index contributed by atoms with van der Waals surface area (Å²) in [6, 6.07) is 78.2. The van der Waals surface area contributed by atoms with Crippen molar-refractivity contribution in [1.29, 1.82) is 0 Å². The Hall–Kier alpha value is -7.62. The molecule has 57 heavy (non-hydrogen) atoms. The first-order valence-electron chi connectivity index (χ1n) is 19.4. The Balaban J connectivity index is 0.976. The Labute approximate surface area is 330 Å². The monoisotopic (exact) mass is 728 g/mol. The van der Waals surface area contributed by atoms with E-state index >= 15 is 0 Å². The van der Waals surface area contributed by atoms with E-state index in [2.05, 4.69) is 216 Å². The van der Waals surface area contributed by atoms with Crippen molar-refractivity contribution in [2.45, 2.75) is 0 Å². The molecule has 0 bridgehead atoms. The number of aromatic nitrogens is 1. The molecule has 0 saturated carbocycles. The lowest BCUT2D eigenvalue weighted by atomic mass is 10.0. The van der Waals surface area contributed by atoms with Crippen LogP contribution in [0.15, 0.2) is 223 Å². The number of para-hydroxylation sites is 2. The summed E-state index contributed by atoms with van der Waals surface area (Å²) in [4.78, 5) is 2.34. The molecule has 0 saturated heterocycles. The second kappa shape index (κ2) is 13.6. The molecule has 0 fully saturated rings. The molecule has 0 aliphatic carbocycles. The van der Waals surface area contributed by atoms with Crippen LogP contribution in [0.3, 0.4) is 0 Å². The van der Waals surface area contributed by atoms with Crippen LogP contribution >= 0.6 is 0 Å². The first-order chi connectivity index (χ1) is 28.2. The van der Waals surface area contributed by atoms with Crippen LogP contribution in [0.5, 0.6) is 0 Å². The summed E-state index contributed by atoms with van der Waals surface area (Å²) in [5, 5.41) is 4.71. The summed E-state index contributed by atoms with van der Waals surface area (Å²) in [5.41, 5.74) is 15.7. The molecule has 2 heterocycles. The summed E-state index contributed by atoms with van der Waals surface area (Å²) in [6.07, 6.45) is 0. The fourth-order valence-electron chi connectivity index (χ4n) is 8.40. The van der Waals surface area contributed by atoms with Crippen molar-refractivity contribution in [1.82, 2.24) is 4.57 Å². The molecule has 0 amide bonds. The van der Waals surface area contributed by atoms with Crippen molar-refractivity contribution >= 4 is 60.8 Å². The van der Waals surface area contributed by atoms with Crippen LogP contribution in [-0.4, -0.2) is 4.57 Å². The maximum absolute atomic E-state index is 6.17. The maximum Gasteiger partial charge on any atom is 0.135 e. The van der Waals surface area contributed by atoms with Crippen LogP contribution in [0.25, 0.3) is 82.8 Å². The highest BCUT2D eigenvalue weighted by Gasteiger charge is 2.17. The largest absolute Gasteiger partial charge is 0.456 e. The second-order valence-corrected chi connectivity index (χ2v) is 14.6. The van der Waals surface area contributed by atoms with Crippen LogP contribution in [0.1, 0.15) is 0 Å². The molecule has 268 valence electrons. The van der Waals surface area contributed by atoms with Gasteiger partial charge in [-0.3, -0.25) is 0 Å². The van der Waals surface area contributed by atoms with Crippen LogP contribution in [-0.2, 0) is 0 Å². The Morgan fingerprint density at radius 3 is 1.37 bits per heavy atom. The van der Waals surface area contributed by atoms with E-state index in [0.29, 0.717) is 0 Å². The van der Waals surface area contributed by atoms with Crippen molar-refractivity contribution in [3.05, 3.63) is 218 Å². The lowest BCUT2D eigenvalue weighted by molar-refractivity contribution is 0.669.